The molecule has 4 heteroatoms. The van der Waals surface area contributed by atoms with Crippen molar-refractivity contribution in [2.75, 3.05) is 0 Å². The molecule has 0 saturated carbocycles. The molecular weight excluding hydrogens is 248 g/mol. The average molecular weight is 263 g/mol. The van der Waals surface area contributed by atoms with Crippen LogP contribution in [0.2, 0.25) is 5.15 Å². The fourth-order valence-corrected chi connectivity index (χ4v) is 2.01. The van der Waals surface area contributed by atoms with Crippen molar-refractivity contribution in [3.8, 4) is 5.75 Å². The number of benzene rings is 1. The molecule has 0 bridgehead atoms. The van der Waals surface area contributed by atoms with Crippen LogP contribution in [-0.4, -0.2) is 9.97 Å². The van der Waals surface area contributed by atoms with Crippen LogP contribution in [0.3, 0.4) is 0 Å². The third-order valence-corrected chi connectivity index (χ3v) is 2.75. The second kappa shape index (κ2) is 5.36. The molecule has 0 spiro atoms. The fraction of sp³-hybridized carbons (Fsp3) is 0.286. The molecule has 0 aliphatic carbocycles. The summed E-state index contributed by atoms with van der Waals surface area (Å²) >= 11 is 5.88. The van der Waals surface area contributed by atoms with E-state index in [1.807, 2.05) is 26.0 Å². The van der Waals surface area contributed by atoms with Crippen LogP contribution in [0, 0.1) is 20.8 Å². The molecule has 0 atom stereocenters. The highest BCUT2D eigenvalue weighted by Crippen LogP contribution is 2.19. The third-order valence-electron chi connectivity index (χ3n) is 2.56. The molecule has 2 rings (SSSR count). The number of ether oxygens (including phenoxy) is 1. The molecule has 2 aromatic rings. The van der Waals surface area contributed by atoms with Gasteiger partial charge in [-0.3, -0.25) is 0 Å². The summed E-state index contributed by atoms with van der Waals surface area (Å²) in [7, 11) is 0. The molecular formula is C14H15ClN2O. The van der Waals surface area contributed by atoms with Crippen molar-refractivity contribution in [1.82, 2.24) is 9.97 Å². The highest BCUT2D eigenvalue weighted by Gasteiger charge is 2.04. The van der Waals surface area contributed by atoms with Gasteiger partial charge in [0.25, 0.3) is 0 Å². The summed E-state index contributed by atoms with van der Waals surface area (Å²) in [4.78, 5) is 8.40. The lowest BCUT2D eigenvalue weighted by Gasteiger charge is -2.09. The van der Waals surface area contributed by atoms with Crippen molar-refractivity contribution in [3.63, 3.8) is 0 Å². The van der Waals surface area contributed by atoms with Crippen molar-refractivity contribution < 1.29 is 4.74 Å². The minimum Gasteiger partial charge on any atom is -0.485 e. The Hall–Kier alpha value is -1.61. The molecule has 1 heterocycles. The monoisotopic (exact) mass is 262 g/mol. The molecule has 0 fully saturated rings. The van der Waals surface area contributed by atoms with Gasteiger partial charge in [-0.1, -0.05) is 29.3 Å². The van der Waals surface area contributed by atoms with Crippen LogP contribution >= 0.6 is 11.6 Å². The first kappa shape index (κ1) is 12.8. The number of rotatable bonds is 3. The number of halogens is 1. The largest absolute Gasteiger partial charge is 0.485 e. The average Bonchev–Trinajstić information content (AvgIpc) is 2.26. The molecule has 1 aromatic heterocycles. The van der Waals surface area contributed by atoms with E-state index in [1.165, 1.54) is 5.56 Å². The Kier molecular flexibility index (Phi) is 3.82. The zero-order valence-electron chi connectivity index (χ0n) is 10.7. The van der Waals surface area contributed by atoms with Crippen molar-refractivity contribution in [1.29, 1.82) is 0 Å². The Labute approximate surface area is 112 Å². The smallest absolute Gasteiger partial charge is 0.167 e. The van der Waals surface area contributed by atoms with Crippen LogP contribution in [-0.2, 0) is 6.61 Å². The fourth-order valence-electron chi connectivity index (χ4n) is 1.76. The highest BCUT2D eigenvalue weighted by molar-refractivity contribution is 6.29. The van der Waals surface area contributed by atoms with Gasteiger partial charge in [-0.25, -0.2) is 9.97 Å². The zero-order chi connectivity index (χ0) is 13.1. The van der Waals surface area contributed by atoms with E-state index < -0.39 is 0 Å². The molecule has 0 amide bonds. The van der Waals surface area contributed by atoms with Gasteiger partial charge in [0.1, 0.15) is 17.5 Å². The Bertz CT molecular complexity index is 549. The Balaban J connectivity index is 2.11. The summed E-state index contributed by atoms with van der Waals surface area (Å²) in [5.74, 6) is 1.45. The maximum absolute atomic E-state index is 5.88. The second-order valence-electron chi connectivity index (χ2n) is 4.31. The topological polar surface area (TPSA) is 35.0 Å². The van der Waals surface area contributed by atoms with Gasteiger partial charge >= 0.3 is 0 Å². The predicted octanol–water partition coefficient (Wildman–Crippen LogP) is 3.63. The minimum absolute atomic E-state index is 0.325. The van der Waals surface area contributed by atoms with E-state index in [0.29, 0.717) is 17.6 Å². The van der Waals surface area contributed by atoms with Gasteiger partial charge in [-0.05, 0) is 38.5 Å². The Morgan fingerprint density at radius 2 is 1.89 bits per heavy atom. The SMILES string of the molecule is Cc1ccc(OCc2nc(C)cc(Cl)n2)c(C)c1. The number of aryl methyl sites for hydroxylation is 3. The maximum Gasteiger partial charge on any atom is 0.167 e. The van der Waals surface area contributed by atoms with Crippen LogP contribution in [0.5, 0.6) is 5.75 Å². The predicted molar refractivity (Wildman–Crippen MR) is 72.0 cm³/mol. The van der Waals surface area contributed by atoms with E-state index in [4.69, 9.17) is 16.3 Å². The van der Waals surface area contributed by atoms with E-state index >= 15 is 0 Å². The lowest BCUT2D eigenvalue weighted by molar-refractivity contribution is 0.293. The van der Waals surface area contributed by atoms with Crippen LogP contribution in [0.25, 0.3) is 0 Å². The van der Waals surface area contributed by atoms with Crippen LogP contribution in [0.4, 0.5) is 0 Å². The maximum atomic E-state index is 5.88. The number of hydrogen-bond acceptors (Lipinski definition) is 3. The lowest BCUT2D eigenvalue weighted by atomic mass is 10.1. The van der Waals surface area contributed by atoms with Gasteiger partial charge in [0.15, 0.2) is 5.82 Å². The Morgan fingerprint density at radius 3 is 2.56 bits per heavy atom. The quantitative estimate of drug-likeness (QED) is 0.793. The Morgan fingerprint density at radius 1 is 1.11 bits per heavy atom. The van der Waals surface area contributed by atoms with E-state index in [0.717, 1.165) is 17.0 Å². The van der Waals surface area contributed by atoms with Gasteiger partial charge in [-0.15, -0.1) is 0 Å². The molecule has 0 unspecified atom stereocenters. The lowest BCUT2D eigenvalue weighted by Crippen LogP contribution is -2.03. The van der Waals surface area contributed by atoms with Crippen molar-refractivity contribution in [2.45, 2.75) is 27.4 Å². The molecule has 0 saturated heterocycles. The standard InChI is InChI=1S/C14H15ClN2O/c1-9-4-5-12(10(2)6-9)18-8-14-16-11(3)7-13(15)17-14/h4-7H,8H2,1-3H3. The van der Waals surface area contributed by atoms with Crippen molar-refractivity contribution in [3.05, 3.63) is 52.1 Å². The first-order chi connectivity index (χ1) is 8.54. The molecule has 1 aromatic carbocycles. The van der Waals surface area contributed by atoms with Gasteiger partial charge in [0.05, 0.1) is 0 Å². The number of hydrogen-bond donors (Lipinski definition) is 0. The van der Waals surface area contributed by atoms with Gasteiger partial charge < -0.3 is 4.74 Å². The van der Waals surface area contributed by atoms with Gasteiger partial charge in [0, 0.05) is 5.69 Å². The number of nitrogens with zero attached hydrogens (tertiary/aromatic N) is 2. The molecule has 0 aliphatic rings. The third kappa shape index (κ3) is 3.20. The molecule has 0 radical (unpaired) electrons. The minimum atomic E-state index is 0.325. The van der Waals surface area contributed by atoms with E-state index in [2.05, 4.69) is 23.0 Å². The van der Waals surface area contributed by atoms with Gasteiger partial charge in [-0.2, -0.15) is 0 Å². The molecule has 3 nitrogen and oxygen atoms in total. The van der Waals surface area contributed by atoms with Crippen molar-refractivity contribution >= 4 is 11.6 Å². The summed E-state index contributed by atoms with van der Waals surface area (Å²) in [6.07, 6.45) is 0. The molecule has 0 N–H and O–H groups in total. The number of aromatic nitrogens is 2. The first-order valence-corrected chi connectivity index (χ1v) is 6.12. The molecule has 18 heavy (non-hydrogen) atoms. The summed E-state index contributed by atoms with van der Waals surface area (Å²) < 4.78 is 5.70. The van der Waals surface area contributed by atoms with E-state index in [-0.39, 0.29) is 0 Å². The molecule has 94 valence electrons. The van der Waals surface area contributed by atoms with Crippen LogP contribution < -0.4 is 4.74 Å². The highest BCUT2D eigenvalue weighted by atomic mass is 35.5. The summed E-state index contributed by atoms with van der Waals surface area (Å²) in [5.41, 5.74) is 3.16. The van der Waals surface area contributed by atoms with Crippen molar-refractivity contribution in [2.24, 2.45) is 0 Å². The molecule has 0 aliphatic heterocycles. The van der Waals surface area contributed by atoms with Gasteiger partial charge in [0.2, 0.25) is 0 Å². The normalized spacial score (nSPS) is 10.4. The van der Waals surface area contributed by atoms with Crippen LogP contribution in [0.15, 0.2) is 24.3 Å². The van der Waals surface area contributed by atoms with E-state index in [1.54, 1.807) is 6.07 Å². The summed E-state index contributed by atoms with van der Waals surface area (Å²) in [6, 6.07) is 7.79. The zero-order valence-corrected chi connectivity index (χ0v) is 11.5. The summed E-state index contributed by atoms with van der Waals surface area (Å²) in [5, 5.41) is 0.446. The first-order valence-electron chi connectivity index (χ1n) is 5.75. The summed E-state index contributed by atoms with van der Waals surface area (Å²) in [6.45, 7) is 6.28. The van der Waals surface area contributed by atoms with E-state index in [9.17, 15) is 0 Å². The van der Waals surface area contributed by atoms with Crippen LogP contribution in [0.1, 0.15) is 22.6 Å². The second-order valence-corrected chi connectivity index (χ2v) is 4.69.